The number of aliphatic imine (C=N–C) groups is 1. The number of nitrogens with zero attached hydrogens (tertiary/aromatic N) is 1. The number of nitrogens with one attached hydrogen (secondary N) is 1. The van der Waals surface area contributed by atoms with Gasteiger partial charge in [0.15, 0.2) is 5.17 Å². The van der Waals surface area contributed by atoms with Gasteiger partial charge >= 0.3 is 0 Å². The lowest BCUT2D eigenvalue weighted by atomic mass is 10.1. The molecule has 1 aliphatic heterocycles. The van der Waals surface area contributed by atoms with Crippen molar-refractivity contribution in [2.75, 3.05) is 0 Å². The maximum absolute atomic E-state index is 12.4. The van der Waals surface area contributed by atoms with Crippen molar-refractivity contribution in [1.82, 2.24) is 5.32 Å². The van der Waals surface area contributed by atoms with Crippen LogP contribution in [0.4, 0.5) is 5.69 Å². The molecule has 1 heterocycles. The fourth-order valence-electron chi connectivity index (χ4n) is 3.55. The van der Waals surface area contributed by atoms with E-state index in [0.29, 0.717) is 27.5 Å². The molecule has 4 aromatic rings. The topological polar surface area (TPSA) is 50.7 Å². The van der Waals surface area contributed by atoms with Gasteiger partial charge in [0.25, 0.3) is 5.91 Å². The maximum Gasteiger partial charge on any atom is 0.264 e. The van der Waals surface area contributed by atoms with Gasteiger partial charge in [-0.3, -0.25) is 4.79 Å². The van der Waals surface area contributed by atoms with E-state index in [1.165, 1.54) is 17.1 Å². The number of hydrogen-bond acceptors (Lipinski definition) is 4. The highest BCUT2D eigenvalue weighted by Gasteiger charge is 2.23. The molecule has 0 aliphatic carbocycles. The molecule has 33 heavy (non-hydrogen) atoms. The third-order valence-corrected chi connectivity index (χ3v) is 6.36. The molecule has 1 amide bonds. The number of carbonyl (C=O) groups is 1. The van der Waals surface area contributed by atoms with Crippen molar-refractivity contribution < 1.29 is 9.53 Å². The van der Waals surface area contributed by atoms with Gasteiger partial charge in [0.2, 0.25) is 0 Å². The minimum atomic E-state index is -0.179. The predicted molar refractivity (Wildman–Crippen MR) is 137 cm³/mol. The van der Waals surface area contributed by atoms with Crippen LogP contribution in [0.3, 0.4) is 0 Å². The van der Waals surface area contributed by atoms with Crippen LogP contribution in [0.1, 0.15) is 11.1 Å². The first-order chi connectivity index (χ1) is 16.2. The third-order valence-electron chi connectivity index (χ3n) is 5.15. The molecule has 1 saturated heterocycles. The number of benzene rings is 4. The Hall–Kier alpha value is -3.54. The number of para-hydroxylation sites is 1. The molecule has 0 bridgehead atoms. The highest BCUT2D eigenvalue weighted by atomic mass is 35.5. The van der Waals surface area contributed by atoms with Gasteiger partial charge in [0, 0.05) is 0 Å². The predicted octanol–water partition coefficient (Wildman–Crippen LogP) is 6.96. The third kappa shape index (κ3) is 4.95. The number of fused-ring (bicyclic) bond motifs is 1. The molecule has 0 saturated carbocycles. The molecule has 6 heteroatoms. The Morgan fingerprint density at radius 2 is 1.73 bits per heavy atom. The van der Waals surface area contributed by atoms with Gasteiger partial charge in [-0.1, -0.05) is 78.3 Å². The minimum Gasteiger partial charge on any atom is -0.487 e. The molecule has 5 rings (SSSR count). The van der Waals surface area contributed by atoms with Crippen molar-refractivity contribution in [3.8, 4) is 5.75 Å². The van der Waals surface area contributed by atoms with Crippen molar-refractivity contribution in [3.63, 3.8) is 0 Å². The summed E-state index contributed by atoms with van der Waals surface area (Å²) in [4.78, 5) is 17.4. The average Bonchev–Trinajstić information content (AvgIpc) is 3.17. The van der Waals surface area contributed by atoms with Gasteiger partial charge in [-0.15, -0.1) is 0 Å². The number of carbonyl (C=O) groups excluding carboxylic acids is 1. The van der Waals surface area contributed by atoms with Crippen LogP contribution in [0.5, 0.6) is 5.75 Å². The molecule has 1 aliphatic rings. The molecule has 1 N–H and O–H groups in total. The molecule has 0 atom stereocenters. The molecular formula is C27H19ClN2O2S. The Balaban J connectivity index is 1.30. The summed E-state index contributed by atoms with van der Waals surface area (Å²) in [5.41, 5.74) is 2.70. The first-order valence-corrected chi connectivity index (χ1v) is 11.6. The highest BCUT2D eigenvalue weighted by molar-refractivity contribution is 8.18. The summed E-state index contributed by atoms with van der Waals surface area (Å²) in [7, 11) is 0. The van der Waals surface area contributed by atoms with Crippen LogP contribution in [-0.4, -0.2) is 11.1 Å². The number of ether oxygens (including phenoxy) is 1. The second-order valence-corrected chi connectivity index (χ2v) is 8.87. The molecule has 0 unspecified atom stereocenters. The molecule has 4 nitrogen and oxygen atoms in total. The van der Waals surface area contributed by atoms with E-state index in [-0.39, 0.29) is 5.91 Å². The zero-order valence-electron chi connectivity index (χ0n) is 17.5. The summed E-state index contributed by atoms with van der Waals surface area (Å²) in [5.74, 6) is 0.420. The van der Waals surface area contributed by atoms with E-state index < -0.39 is 0 Å². The zero-order chi connectivity index (χ0) is 22.6. The van der Waals surface area contributed by atoms with E-state index in [2.05, 4.69) is 34.6 Å². The van der Waals surface area contributed by atoms with Crippen LogP contribution < -0.4 is 10.1 Å². The molecule has 0 radical (unpaired) electrons. The summed E-state index contributed by atoms with van der Waals surface area (Å²) in [6, 6.07) is 29.4. The first kappa shape index (κ1) is 21.3. The fraction of sp³-hybridized carbons (Fsp3) is 0.0370. The Bertz CT molecular complexity index is 1390. The van der Waals surface area contributed by atoms with Gasteiger partial charge in [-0.2, -0.15) is 0 Å². The highest BCUT2D eigenvalue weighted by Crippen LogP contribution is 2.31. The number of hydrogen-bond donors (Lipinski definition) is 1. The number of thioether (sulfide) groups is 1. The zero-order valence-corrected chi connectivity index (χ0v) is 19.1. The maximum atomic E-state index is 12.4. The van der Waals surface area contributed by atoms with Gasteiger partial charge in [0.05, 0.1) is 15.6 Å². The van der Waals surface area contributed by atoms with Crippen LogP contribution in [0, 0.1) is 0 Å². The average molecular weight is 471 g/mol. The Labute approximate surface area is 201 Å². The van der Waals surface area contributed by atoms with E-state index in [0.717, 1.165) is 22.2 Å². The van der Waals surface area contributed by atoms with Gasteiger partial charge in [-0.05, 0) is 64.0 Å². The van der Waals surface area contributed by atoms with E-state index >= 15 is 0 Å². The summed E-state index contributed by atoms with van der Waals surface area (Å²) in [6.45, 7) is 0.416. The van der Waals surface area contributed by atoms with Crippen LogP contribution in [0.2, 0.25) is 5.02 Å². The largest absolute Gasteiger partial charge is 0.487 e. The summed E-state index contributed by atoms with van der Waals surface area (Å²) in [6.07, 6.45) is 1.80. The van der Waals surface area contributed by atoms with Crippen molar-refractivity contribution in [3.05, 3.63) is 112 Å². The first-order valence-electron chi connectivity index (χ1n) is 10.4. The lowest BCUT2D eigenvalue weighted by molar-refractivity contribution is -0.115. The van der Waals surface area contributed by atoms with Crippen molar-refractivity contribution in [1.29, 1.82) is 0 Å². The van der Waals surface area contributed by atoms with Crippen molar-refractivity contribution in [2.45, 2.75) is 6.61 Å². The Morgan fingerprint density at radius 1 is 0.939 bits per heavy atom. The van der Waals surface area contributed by atoms with Crippen LogP contribution >= 0.6 is 23.4 Å². The Morgan fingerprint density at radius 3 is 2.58 bits per heavy atom. The lowest BCUT2D eigenvalue weighted by Crippen LogP contribution is -2.19. The fourth-order valence-corrected chi connectivity index (χ4v) is 4.63. The van der Waals surface area contributed by atoms with Crippen molar-refractivity contribution >= 4 is 57.0 Å². The smallest absolute Gasteiger partial charge is 0.264 e. The monoisotopic (exact) mass is 470 g/mol. The van der Waals surface area contributed by atoms with Gasteiger partial charge in [0.1, 0.15) is 12.4 Å². The number of amides is 1. The number of rotatable bonds is 5. The van der Waals surface area contributed by atoms with Gasteiger partial charge < -0.3 is 10.1 Å². The number of halogens is 1. The number of amidine groups is 1. The second kappa shape index (κ2) is 9.53. The summed E-state index contributed by atoms with van der Waals surface area (Å²) >= 11 is 7.79. The van der Waals surface area contributed by atoms with E-state index in [4.69, 9.17) is 16.3 Å². The van der Waals surface area contributed by atoms with Crippen molar-refractivity contribution in [2.24, 2.45) is 4.99 Å². The SMILES string of the molecule is O=C1NC(=Nc2ccccc2)SC1=Cc1ccc(OCc2cccc3ccccc23)c(Cl)c1. The van der Waals surface area contributed by atoms with E-state index in [1.807, 2.05) is 60.7 Å². The molecular weight excluding hydrogens is 452 g/mol. The standard InChI is InChI=1S/C27H19ClN2O2S/c28-23-15-18(16-25-26(31)30-27(33-25)29-21-10-2-1-3-11-21)13-14-24(23)32-17-20-9-6-8-19-7-4-5-12-22(19)20/h1-16H,17H2,(H,29,30,31). The Kier molecular flexibility index (Phi) is 6.15. The molecule has 0 aromatic heterocycles. The molecule has 1 fully saturated rings. The van der Waals surface area contributed by atoms with Crippen LogP contribution in [0.15, 0.2) is 101 Å². The van der Waals surface area contributed by atoms with E-state index in [9.17, 15) is 4.79 Å². The normalized spacial score (nSPS) is 15.8. The minimum absolute atomic E-state index is 0.179. The van der Waals surface area contributed by atoms with Crippen LogP contribution in [0.25, 0.3) is 16.8 Å². The summed E-state index contributed by atoms with van der Waals surface area (Å²) < 4.78 is 6.00. The van der Waals surface area contributed by atoms with Gasteiger partial charge in [-0.25, -0.2) is 4.99 Å². The molecule has 4 aromatic carbocycles. The van der Waals surface area contributed by atoms with E-state index in [1.54, 1.807) is 12.1 Å². The summed E-state index contributed by atoms with van der Waals surface area (Å²) in [5, 5.41) is 6.18. The molecule has 0 spiro atoms. The van der Waals surface area contributed by atoms with Crippen LogP contribution in [-0.2, 0) is 11.4 Å². The lowest BCUT2D eigenvalue weighted by Gasteiger charge is -2.11. The molecule has 162 valence electrons. The second-order valence-electron chi connectivity index (χ2n) is 7.43. The quantitative estimate of drug-likeness (QED) is 0.320.